The summed E-state index contributed by atoms with van der Waals surface area (Å²) in [6, 6.07) is 5.56. The first kappa shape index (κ1) is 9.62. The molecule has 0 unspecified atom stereocenters. The maximum Gasteiger partial charge on any atom is 0.146 e. The first-order chi connectivity index (χ1) is 6.22. The number of halogens is 3. The van der Waals surface area contributed by atoms with Crippen LogP contribution in [-0.2, 0) is 5.33 Å². The summed E-state index contributed by atoms with van der Waals surface area (Å²) in [5.41, 5.74) is 0. The largest absolute Gasteiger partial charge is 0.205 e. The van der Waals surface area contributed by atoms with Gasteiger partial charge in [0.25, 0.3) is 0 Å². The Kier molecular flexibility index (Phi) is 2.72. The van der Waals surface area contributed by atoms with Gasteiger partial charge in [0.05, 0.1) is 4.47 Å². The number of hydrogen-bond donors (Lipinski definition) is 0. The normalized spacial score (nSPS) is 11.0. The average Bonchev–Trinajstić information content (AvgIpc) is 2.55. The molecule has 2 aromatic rings. The minimum Gasteiger partial charge on any atom is -0.205 e. The van der Waals surface area contributed by atoms with E-state index in [9.17, 15) is 4.39 Å². The Labute approximate surface area is 96.0 Å². The second-order valence-corrected chi connectivity index (χ2v) is 5.20. The van der Waals surface area contributed by atoms with Gasteiger partial charge in [-0.15, -0.1) is 11.3 Å². The highest BCUT2D eigenvalue weighted by Crippen LogP contribution is 2.32. The molecule has 68 valence electrons. The van der Waals surface area contributed by atoms with Gasteiger partial charge in [-0.1, -0.05) is 15.9 Å². The van der Waals surface area contributed by atoms with Crippen molar-refractivity contribution in [2.75, 3.05) is 0 Å². The van der Waals surface area contributed by atoms with Crippen LogP contribution in [0.5, 0.6) is 0 Å². The minimum absolute atomic E-state index is 0.166. The van der Waals surface area contributed by atoms with Crippen LogP contribution in [0.3, 0.4) is 0 Å². The van der Waals surface area contributed by atoms with Crippen molar-refractivity contribution < 1.29 is 4.39 Å². The van der Waals surface area contributed by atoms with Crippen LogP contribution in [0.15, 0.2) is 22.7 Å². The molecule has 0 N–H and O–H groups in total. The molecule has 0 spiro atoms. The van der Waals surface area contributed by atoms with Gasteiger partial charge < -0.3 is 0 Å². The third kappa shape index (κ3) is 1.67. The van der Waals surface area contributed by atoms with Crippen molar-refractivity contribution in [2.45, 2.75) is 5.33 Å². The van der Waals surface area contributed by atoms with Crippen LogP contribution in [0.1, 0.15) is 4.88 Å². The zero-order chi connectivity index (χ0) is 9.42. The number of alkyl halides is 1. The number of hydrogen-bond acceptors (Lipinski definition) is 1. The number of benzene rings is 1. The molecule has 0 bridgehead atoms. The Morgan fingerprint density at radius 1 is 1.38 bits per heavy atom. The first-order valence-electron chi connectivity index (χ1n) is 3.65. The third-order valence-electron chi connectivity index (χ3n) is 1.77. The van der Waals surface area contributed by atoms with Crippen LogP contribution in [0.25, 0.3) is 10.1 Å². The molecule has 0 aliphatic rings. The maximum atomic E-state index is 13.5. The number of rotatable bonds is 1. The molecule has 4 heteroatoms. The molecule has 0 amide bonds. The van der Waals surface area contributed by atoms with E-state index < -0.39 is 0 Å². The molecule has 1 aromatic carbocycles. The van der Waals surface area contributed by atoms with Crippen LogP contribution in [0.4, 0.5) is 4.39 Å². The first-order valence-corrected chi connectivity index (χ1v) is 6.38. The summed E-state index contributed by atoms with van der Waals surface area (Å²) in [6.07, 6.45) is 0. The zero-order valence-corrected chi connectivity index (χ0v) is 10.5. The van der Waals surface area contributed by atoms with Crippen molar-refractivity contribution in [1.82, 2.24) is 0 Å². The van der Waals surface area contributed by atoms with Crippen molar-refractivity contribution in [1.29, 1.82) is 0 Å². The summed E-state index contributed by atoms with van der Waals surface area (Å²) in [5.74, 6) is -0.166. The monoisotopic (exact) mass is 322 g/mol. The summed E-state index contributed by atoms with van der Waals surface area (Å²) in [4.78, 5) is 1.15. The topological polar surface area (TPSA) is 0 Å². The van der Waals surface area contributed by atoms with Gasteiger partial charge in [-0.3, -0.25) is 0 Å². The van der Waals surface area contributed by atoms with E-state index in [1.807, 2.05) is 12.1 Å². The lowest BCUT2D eigenvalue weighted by Gasteiger charge is -1.93. The summed E-state index contributed by atoms with van der Waals surface area (Å²) in [5, 5.41) is 1.48. The molecule has 13 heavy (non-hydrogen) atoms. The highest BCUT2D eigenvalue weighted by molar-refractivity contribution is 9.10. The standard InChI is InChI=1S/C9H5Br2FS/c10-4-5-3-6-8(13-5)2-1-7(11)9(6)12/h1-3H,4H2. The molecule has 0 nitrogen and oxygen atoms in total. The second kappa shape index (κ2) is 3.67. The van der Waals surface area contributed by atoms with E-state index in [-0.39, 0.29) is 5.82 Å². The lowest BCUT2D eigenvalue weighted by atomic mass is 10.2. The quantitative estimate of drug-likeness (QED) is 0.667. The smallest absolute Gasteiger partial charge is 0.146 e. The van der Waals surface area contributed by atoms with E-state index in [2.05, 4.69) is 31.9 Å². The lowest BCUT2D eigenvalue weighted by molar-refractivity contribution is 0.633. The average molecular weight is 324 g/mol. The second-order valence-electron chi connectivity index (χ2n) is 2.62. The van der Waals surface area contributed by atoms with E-state index >= 15 is 0 Å². The molecular weight excluding hydrogens is 319 g/mol. The third-order valence-corrected chi connectivity index (χ3v) is 4.46. The Bertz CT molecular complexity index is 450. The molecule has 0 saturated heterocycles. The fourth-order valence-corrected chi connectivity index (χ4v) is 2.93. The molecule has 2 rings (SSSR count). The highest BCUT2D eigenvalue weighted by Gasteiger charge is 2.08. The van der Waals surface area contributed by atoms with Gasteiger partial charge in [-0.25, -0.2) is 4.39 Å². The summed E-state index contributed by atoms with van der Waals surface area (Å²) >= 11 is 8.13. The van der Waals surface area contributed by atoms with Gasteiger partial charge in [-0.05, 0) is 34.1 Å². The van der Waals surface area contributed by atoms with E-state index in [1.54, 1.807) is 17.4 Å². The van der Waals surface area contributed by atoms with Crippen LogP contribution >= 0.6 is 43.2 Å². The van der Waals surface area contributed by atoms with Crippen molar-refractivity contribution in [3.8, 4) is 0 Å². The van der Waals surface area contributed by atoms with Crippen LogP contribution < -0.4 is 0 Å². The predicted octanol–water partition coefficient (Wildman–Crippen LogP) is 4.70. The molecule has 0 saturated carbocycles. The van der Waals surface area contributed by atoms with Crippen LogP contribution in [0.2, 0.25) is 0 Å². The molecule has 0 aliphatic heterocycles. The molecule has 0 fully saturated rings. The fraction of sp³-hybridized carbons (Fsp3) is 0.111. The molecule has 1 aromatic heterocycles. The maximum absolute atomic E-state index is 13.5. The fourth-order valence-electron chi connectivity index (χ4n) is 1.17. The summed E-state index contributed by atoms with van der Waals surface area (Å²) in [7, 11) is 0. The van der Waals surface area contributed by atoms with Crippen molar-refractivity contribution >= 4 is 53.3 Å². The minimum atomic E-state index is -0.166. The summed E-state index contributed by atoms with van der Waals surface area (Å²) in [6.45, 7) is 0. The Morgan fingerprint density at radius 2 is 2.15 bits per heavy atom. The Balaban J connectivity index is 2.76. The lowest BCUT2D eigenvalue weighted by Crippen LogP contribution is -1.75. The van der Waals surface area contributed by atoms with Gasteiger partial charge in [-0.2, -0.15) is 0 Å². The van der Waals surface area contributed by atoms with Gasteiger partial charge in [0, 0.05) is 20.3 Å². The molecular formula is C9H5Br2FS. The zero-order valence-electron chi connectivity index (χ0n) is 6.48. The van der Waals surface area contributed by atoms with Gasteiger partial charge in [0.2, 0.25) is 0 Å². The predicted molar refractivity (Wildman–Crippen MR) is 62.1 cm³/mol. The number of fused-ring (bicyclic) bond motifs is 1. The Morgan fingerprint density at radius 3 is 2.85 bits per heavy atom. The van der Waals surface area contributed by atoms with Crippen molar-refractivity contribution in [2.24, 2.45) is 0 Å². The van der Waals surface area contributed by atoms with Crippen molar-refractivity contribution in [3.05, 3.63) is 33.4 Å². The molecule has 0 atom stereocenters. The molecule has 0 aliphatic carbocycles. The van der Waals surface area contributed by atoms with E-state index in [0.717, 1.165) is 14.9 Å². The Hall–Kier alpha value is 0.0700. The van der Waals surface area contributed by atoms with E-state index in [0.29, 0.717) is 9.86 Å². The van der Waals surface area contributed by atoms with E-state index in [1.165, 1.54) is 0 Å². The van der Waals surface area contributed by atoms with Gasteiger partial charge in [0.15, 0.2) is 0 Å². The van der Waals surface area contributed by atoms with Gasteiger partial charge >= 0.3 is 0 Å². The van der Waals surface area contributed by atoms with Gasteiger partial charge in [0.1, 0.15) is 5.82 Å². The molecule has 0 radical (unpaired) electrons. The molecule has 1 heterocycles. The highest BCUT2D eigenvalue weighted by atomic mass is 79.9. The van der Waals surface area contributed by atoms with Crippen molar-refractivity contribution in [3.63, 3.8) is 0 Å². The number of thiophene rings is 1. The SMILES string of the molecule is Fc1c(Br)ccc2sc(CBr)cc12. The van der Waals surface area contributed by atoms with E-state index in [4.69, 9.17) is 0 Å². The summed E-state index contributed by atoms with van der Waals surface area (Å²) < 4.78 is 15.0. The van der Waals surface area contributed by atoms with Crippen LogP contribution in [0, 0.1) is 5.82 Å². The van der Waals surface area contributed by atoms with Crippen LogP contribution in [-0.4, -0.2) is 0 Å².